The Morgan fingerprint density at radius 1 is 1.55 bits per heavy atom. The van der Waals surface area contributed by atoms with E-state index in [-0.39, 0.29) is 5.69 Å². The summed E-state index contributed by atoms with van der Waals surface area (Å²) in [4.78, 5) is 12.7. The molecule has 1 heterocycles. The number of aliphatic hydroxyl groups excluding tert-OH is 1. The van der Waals surface area contributed by atoms with Gasteiger partial charge in [-0.2, -0.15) is 0 Å². The molecule has 0 saturated heterocycles. The van der Waals surface area contributed by atoms with Crippen molar-refractivity contribution in [1.29, 1.82) is 0 Å². The van der Waals surface area contributed by atoms with Gasteiger partial charge in [-0.15, -0.1) is 5.10 Å². The molecule has 2 aromatic rings. The second-order valence-corrected chi connectivity index (χ2v) is 6.77. The molecule has 3 rings (SSSR count). The van der Waals surface area contributed by atoms with Gasteiger partial charge in [0.25, 0.3) is 0 Å². The van der Waals surface area contributed by atoms with Crippen LogP contribution in [0.4, 0.5) is 0 Å². The van der Waals surface area contributed by atoms with Crippen molar-refractivity contribution in [2.45, 2.75) is 42.0 Å². The molecule has 7 heteroatoms. The monoisotopic (exact) mass is 355 g/mol. The summed E-state index contributed by atoms with van der Waals surface area (Å²) in [5.41, 5.74) is 0.700. The Morgan fingerprint density at radius 2 is 2.30 bits per heavy atom. The summed E-state index contributed by atoms with van der Waals surface area (Å²) in [7, 11) is 0. The van der Waals surface area contributed by atoms with Crippen LogP contribution in [0, 0.1) is 0 Å². The van der Waals surface area contributed by atoms with Gasteiger partial charge >= 0.3 is 5.69 Å². The van der Waals surface area contributed by atoms with Gasteiger partial charge in [-0.25, -0.2) is 9.89 Å². The minimum absolute atomic E-state index is 0.144. The largest absolute Gasteiger partial charge is 0.389 e. The first-order chi connectivity index (χ1) is 9.56. The van der Waals surface area contributed by atoms with E-state index >= 15 is 0 Å². The summed E-state index contributed by atoms with van der Waals surface area (Å²) in [5, 5.41) is 16.9. The van der Waals surface area contributed by atoms with Crippen molar-refractivity contribution in [2.75, 3.05) is 0 Å². The van der Waals surface area contributed by atoms with E-state index in [2.05, 4.69) is 26.1 Å². The predicted octanol–water partition coefficient (Wildman–Crippen LogP) is 2.87. The van der Waals surface area contributed by atoms with Gasteiger partial charge in [0.2, 0.25) is 0 Å². The quantitative estimate of drug-likeness (QED) is 0.884. The topological polar surface area (TPSA) is 70.9 Å². The minimum Gasteiger partial charge on any atom is -0.389 e. The summed E-state index contributed by atoms with van der Waals surface area (Å²) in [6.07, 6.45) is 1.56. The molecule has 1 aliphatic rings. The molecule has 0 unspecified atom stereocenters. The first kappa shape index (κ1) is 13.9. The van der Waals surface area contributed by atoms with Gasteiger partial charge in [-0.05, 0) is 49.2 Å². The fourth-order valence-electron chi connectivity index (χ4n) is 2.03. The minimum atomic E-state index is -0.515. The highest BCUT2D eigenvalue weighted by Gasteiger charge is 2.28. The van der Waals surface area contributed by atoms with Crippen LogP contribution >= 0.6 is 27.7 Å². The third-order valence-electron chi connectivity index (χ3n) is 3.22. The molecule has 1 aromatic heterocycles. The van der Waals surface area contributed by atoms with E-state index in [4.69, 9.17) is 0 Å². The van der Waals surface area contributed by atoms with E-state index in [0.717, 1.165) is 27.8 Å². The zero-order chi connectivity index (χ0) is 14.3. The first-order valence-corrected chi connectivity index (χ1v) is 7.99. The van der Waals surface area contributed by atoms with E-state index in [1.54, 1.807) is 11.5 Å². The molecule has 1 aliphatic carbocycles. The van der Waals surface area contributed by atoms with Gasteiger partial charge in [0.1, 0.15) is 0 Å². The van der Waals surface area contributed by atoms with Gasteiger partial charge in [0.15, 0.2) is 5.16 Å². The third kappa shape index (κ3) is 2.70. The Hall–Kier alpha value is -1.05. The van der Waals surface area contributed by atoms with Gasteiger partial charge in [0.05, 0.1) is 6.10 Å². The smallest absolute Gasteiger partial charge is 0.344 e. The lowest BCUT2D eigenvalue weighted by molar-refractivity contribution is 0.198. The fourth-order valence-corrected chi connectivity index (χ4v) is 3.84. The molecule has 0 spiro atoms. The fraction of sp³-hybridized carbons (Fsp3) is 0.385. The molecule has 20 heavy (non-hydrogen) atoms. The number of aromatic nitrogens is 3. The number of hydrogen-bond acceptors (Lipinski definition) is 4. The maximum absolute atomic E-state index is 11.7. The molecule has 0 amide bonds. The van der Waals surface area contributed by atoms with Gasteiger partial charge < -0.3 is 5.11 Å². The molecule has 1 atom stereocenters. The normalized spacial score (nSPS) is 16.4. The number of benzene rings is 1. The van der Waals surface area contributed by atoms with Crippen LogP contribution in [0.15, 0.2) is 37.5 Å². The second kappa shape index (κ2) is 5.38. The second-order valence-electron chi connectivity index (χ2n) is 4.87. The number of rotatable bonds is 4. The van der Waals surface area contributed by atoms with Crippen LogP contribution in [0.25, 0.3) is 0 Å². The number of hydrogen-bond donors (Lipinski definition) is 2. The SMILES string of the molecule is C[C@@H](O)c1ccc(Sc2n[nH]c(=O)n2C2CC2)cc1Br. The number of H-pyrrole nitrogens is 1. The van der Waals surface area contributed by atoms with E-state index in [1.165, 1.54) is 11.8 Å². The number of halogens is 1. The number of nitrogens with zero attached hydrogens (tertiary/aromatic N) is 2. The molecular formula is C13H14BrN3O2S. The molecule has 0 bridgehead atoms. The maximum atomic E-state index is 11.7. The summed E-state index contributed by atoms with van der Waals surface area (Å²) >= 11 is 4.90. The first-order valence-electron chi connectivity index (χ1n) is 6.38. The van der Waals surface area contributed by atoms with Gasteiger partial charge in [-0.1, -0.05) is 22.0 Å². The molecule has 0 radical (unpaired) electrons. The highest BCUT2D eigenvalue weighted by atomic mass is 79.9. The average molecular weight is 356 g/mol. The van der Waals surface area contributed by atoms with Crippen molar-refractivity contribution < 1.29 is 5.11 Å². The average Bonchev–Trinajstić information content (AvgIpc) is 3.15. The zero-order valence-corrected chi connectivity index (χ0v) is 13.2. The molecule has 0 aliphatic heterocycles. The number of aliphatic hydroxyl groups is 1. The van der Waals surface area contributed by atoms with Crippen LogP contribution in [0.1, 0.15) is 37.5 Å². The van der Waals surface area contributed by atoms with E-state index in [0.29, 0.717) is 11.2 Å². The van der Waals surface area contributed by atoms with Crippen molar-refractivity contribution in [1.82, 2.24) is 14.8 Å². The number of aromatic amines is 1. The van der Waals surface area contributed by atoms with Crippen LogP contribution in [0.3, 0.4) is 0 Å². The van der Waals surface area contributed by atoms with Crippen LogP contribution in [-0.4, -0.2) is 19.9 Å². The Balaban J connectivity index is 1.88. The molecular weight excluding hydrogens is 342 g/mol. The standard InChI is InChI=1S/C13H14BrN3O2S/c1-7(18)10-5-4-9(6-11(10)14)20-13-16-15-12(19)17(13)8-2-3-8/h4-8,18H,2-3H2,1H3,(H,15,19)/t7-/m1/s1. The molecule has 1 fully saturated rings. The Morgan fingerprint density at radius 3 is 2.90 bits per heavy atom. The van der Waals surface area contributed by atoms with Crippen molar-refractivity contribution in [3.8, 4) is 0 Å². The van der Waals surface area contributed by atoms with Gasteiger partial charge in [-0.3, -0.25) is 4.57 Å². The van der Waals surface area contributed by atoms with Crippen LogP contribution in [0.2, 0.25) is 0 Å². The van der Waals surface area contributed by atoms with Gasteiger partial charge in [0, 0.05) is 15.4 Å². The summed E-state index contributed by atoms with van der Waals surface area (Å²) < 4.78 is 2.58. The lowest BCUT2D eigenvalue weighted by Crippen LogP contribution is -2.15. The lowest BCUT2D eigenvalue weighted by atomic mass is 10.1. The molecule has 1 aromatic carbocycles. The van der Waals surface area contributed by atoms with Crippen molar-refractivity contribution in [3.05, 3.63) is 38.7 Å². The molecule has 1 saturated carbocycles. The van der Waals surface area contributed by atoms with Crippen molar-refractivity contribution >= 4 is 27.7 Å². The summed E-state index contributed by atoms with van der Waals surface area (Å²) in [6, 6.07) is 6.03. The summed E-state index contributed by atoms with van der Waals surface area (Å²) in [6.45, 7) is 1.73. The maximum Gasteiger partial charge on any atom is 0.344 e. The van der Waals surface area contributed by atoms with E-state index in [1.807, 2.05) is 18.2 Å². The highest BCUT2D eigenvalue weighted by Crippen LogP contribution is 2.38. The van der Waals surface area contributed by atoms with Crippen LogP contribution in [0.5, 0.6) is 0 Å². The zero-order valence-electron chi connectivity index (χ0n) is 10.8. The molecule has 5 nitrogen and oxygen atoms in total. The Bertz CT molecular complexity index is 691. The van der Waals surface area contributed by atoms with Crippen molar-refractivity contribution in [3.63, 3.8) is 0 Å². The van der Waals surface area contributed by atoms with E-state index in [9.17, 15) is 9.90 Å². The highest BCUT2D eigenvalue weighted by molar-refractivity contribution is 9.10. The molecule has 2 N–H and O–H groups in total. The molecule has 106 valence electrons. The third-order valence-corrected chi connectivity index (χ3v) is 4.86. The number of nitrogens with one attached hydrogen (secondary N) is 1. The summed E-state index contributed by atoms with van der Waals surface area (Å²) in [5.74, 6) is 0. The van der Waals surface area contributed by atoms with E-state index < -0.39 is 6.10 Å². The van der Waals surface area contributed by atoms with Crippen molar-refractivity contribution in [2.24, 2.45) is 0 Å². The van der Waals surface area contributed by atoms with Crippen LogP contribution < -0.4 is 5.69 Å². The Kier molecular flexibility index (Phi) is 3.74. The lowest BCUT2D eigenvalue weighted by Gasteiger charge is -2.09. The van der Waals surface area contributed by atoms with Crippen LogP contribution in [-0.2, 0) is 0 Å². The predicted molar refractivity (Wildman–Crippen MR) is 80.0 cm³/mol. The Labute approximate surface area is 128 Å².